The number of nitrogens with one attached hydrogen (secondary N) is 2. The maximum Gasteiger partial charge on any atom is 0.303 e. The van der Waals surface area contributed by atoms with Gasteiger partial charge in [0, 0.05) is 19.4 Å². The molecule has 0 saturated heterocycles. The zero-order chi connectivity index (χ0) is 35.7. The molecule has 50 heavy (non-hydrogen) atoms. The van der Waals surface area contributed by atoms with E-state index in [0.29, 0.717) is 54.9 Å². The fourth-order valence-electron chi connectivity index (χ4n) is 12.5. The quantitative estimate of drug-likeness (QED) is 0.166. The Labute approximate surface area is 300 Å². The number of aliphatic carboxylic acids is 1. The molecule has 0 radical (unpaired) electrons. The third kappa shape index (κ3) is 7.67. The Morgan fingerprint density at radius 2 is 1.58 bits per heavy atom. The first kappa shape index (κ1) is 37.3. The molecular weight excluding hydrogens is 628 g/mol. The summed E-state index contributed by atoms with van der Waals surface area (Å²) >= 11 is 0. The van der Waals surface area contributed by atoms with Crippen molar-refractivity contribution in [2.45, 2.75) is 148 Å². The molecule has 278 valence electrons. The third-order valence-corrected chi connectivity index (χ3v) is 15.3. The second-order valence-electron chi connectivity index (χ2n) is 18.1. The van der Waals surface area contributed by atoms with E-state index >= 15 is 0 Å². The van der Waals surface area contributed by atoms with Gasteiger partial charge in [-0.25, -0.2) is 0 Å². The summed E-state index contributed by atoms with van der Waals surface area (Å²) in [5.41, 5.74) is 0.893. The monoisotopic (exact) mass is 692 g/mol. The van der Waals surface area contributed by atoms with Crippen LogP contribution in [0.5, 0.6) is 0 Å². The second kappa shape index (κ2) is 15.3. The van der Waals surface area contributed by atoms with Crippen molar-refractivity contribution in [2.75, 3.05) is 6.54 Å². The van der Waals surface area contributed by atoms with Gasteiger partial charge in [-0.2, -0.15) is 0 Å². The summed E-state index contributed by atoms with van der Waals surface area (Å²) in [4.78, 5) is 38.9. The molecule has 5 unspecified atom stereocenters. The molecule has 6 rings (SSSR count). The molecule has 5 N–H and O–H groups in total. The van der Waals surface area contributed by atoms with Crippen LogP contribution in [0.3, 0.4) is 0 Å². The molecule has 0 bridgehead atoms. The number of carbonyl (C=O) groups is 3. The number of aliphatic hydroxyl groups excluding tert-OH is 2. The van der Waals surface area contributed by atoms with Crippen LogP contribution in [0.25, 0.3) is 0 Å². The van der Waals surface area contributed by atoms with Gasteiger partial charge in [0.15, 0.2) is 0 Å². The summed E-state index contributed by atoms with van der Waals surface area (Å²) in [6, 6.07) is 9.01. The number of amides is 2. The predicted octanol–water partition coefficient (Wildman–Crippen LogP) is 6.66. The van der Waals surface area contributed by atoms with E-state index in [0.717, 1.165) is 89.0 Å². The minimum Gasteiger partial charge on any atom is -0.481 e. The molecule has 8 heteroatoms. The van der Waals surface area contributed by atoms with Crippen LogP contribution in [0.2, 0.25) is 0 Å². The minimum atomic E-state index is -0.831. The molecule has 1 aromatic rings. The molecule has 0 heterocycles. The average Bonchev–Trinajstić information content (AvgIpc) is 3.44. The smallest absolute Gasteiger partial charge is 0.303 e. The lowest BCUT2D eigenvalue weighted by Crippen LogP contribution is -2.58. The summed E-state index contributed by atoms with van der Waals surface area (Å²) in [5.74, 6) is 1.40. The summed E-state index contributed by atoms with van der Waals surface area (Å²) in [6.45, 7) is 7.54. The lowest BCUT2D eigenvalue weighted by molar-refractivity contribution is -0.174. The first-order valence-electron chi connectivity index (χ1n) is 20.0. The van der Waals surface area contributed by atoms with Crippen molar-refractivity contribution in [2.24, 2.45) is 51.8 Å². The van der Waals surface area contributed by atoms with Crippen LogP contribution in [0.1, 0.15) is 129 Å². The van der Waals surface area contributed by atoms with Gasteiger partial charge in [-0.15, -0.1) is 0 Å². The van der Waals surface area contributed by atoms with Crippen molar-refractivity contribution in [1.82, 2.24) is 10.6 Å². The van der Waals surface area contributed by atoms with Crippen molar-refractivity contribution in [1.29, 1.82) is 0 Å². The lowest BCUT2D eigenvalue weighted by Gasteiger charge is -2.62. The molecule has 5 saturated carbocycles. The van der Waals surface area contributed by atoms with Crippen molar-refractivity contribution in [3.63, 3.8) is 0 Å². The van der Waals surface area contributed by atoms with Gasteiger partial charge in [0.1, 0.15) is 6.04 Å². The van der Waals surface area contributed by atoms with E-state index in [1.807, 2.05) is 30.3 Å². The maximum absolute atomic E-state index is 13.7. The zero-order valence-corrected chi connectivity index (χ0v) is 30.9. The SMILES string of the molecule is C[C@H](CCC(=O)N[C@@H](Cc1ccccc1)C(=O)NCC1(CC(=O)O)CCCCC1)C1CCC2C3C(CC[C@@]21C)[C@@]1(C)CC[C@@H](O)CC1C[C@@H]3O. The molecular formula is C42H64N2O6. The van der Waals surface area contributed by atoms with E-state index < -0.39 is 17.4 Å². The topological polar surface area (TPSA) is 136 Å². The highest BCUT2D eigenvalue weighted by Gasteiger charge is 2.62. The van der Waals surface area contributed by atoms with Crippen molar-refractivity contribution in [3.05, 3.63) is 35.9 Å². The molecule has 2 amide bonds. The maximum atomic E-state index is 13.7. The molecule has 5 fully saturated rings. The summed E-state index contributed by atoms with van der Waals surface area (Å²) in [7, 11) is 0. The lowest BCUT2D eigenvalue weighted by atomic mass is 9.43. The van der Waals surface area contributed by atoms with Crippen LogP contribution >= 0.6 is 0 Å². The Bertz CT molecular complexity index is 1350. The number of carbonyl (C=O) groups excluding carboxylic acids is 2. The van der Waals surface area contributed by atoms with Gasteiger partial charge in [0.25, 0.3) is 0 Å². The Morgan fingerprint density at radius 1 is 0.880 bits per heavy atom. The Hall–Kier alpha value is -2.45. The van der Waals surface area contributed by atoms with Gasteiger partial charge in [-0.1, -0.05) is 70.4 Å². The van der Waals surface area contributed by atoms with Gasteiger partial charge in [-0.05, 0) is 128 Å². The fraction of sp³-hybridized carbons (Fsp3) is 0.786. The van der Waals surface area contributed by atoms with Gasteiger partial charge in [0.2, 0.25) is 11.8 Å². The number of hydrogen-bond acceptors (Lipinski definition) is 5. The standard InChI is InChI=1S/C42H64N2O6/c1-27(31-13-14-32-38-33(17-21-41(31,32)3)40(2)20-16-30(45)23-29(40)24-35(38)46)12-15-36(47)44-34(22-28-10-6-4-7-11-28)39(50)43-26-42(25-37(48)49)18-8-5-9-19-42/h4,6-7,10-11,27,29-35,38,45-46H,5,8-9,12-26H2,1-3H3,(H,43,50)(H,44,47)(H,48,49)/t27-,29?,30-,31?,32?,33?,34+,35+,38?,40+,41-/m1/s1. The molecule has 5 aliphatic rings. The summed E-state index contributed by atoms with van der Waals surface area (Å²) in [5, 5.41) is 37.8. The van der Waals surface area contributed by atoms with E-state index in [1.165, 1.54) is 6.42 Å². The van der Waals surface area contributed by atoms with E-state index in [2.05, 4.69) is 31.4 Å². The largest absolute Gasteiger partial charge is 0.481 e. The normalized spacial score (nSPS) is 37.3. The zero-order valence-electron chi connectivity index (χ0n) is 30.9. The van der Waals surface area contributed by atoms with Crippen LogP contribution in [-0.4, -0.2) is 57.9 Å². The molecule has 5 aliphatic carbocycles. The number of benzene rings is 1. The van der Waals surface area contributed by atoms with Gasteiger partial charge in [0.05, 0.1) is 18.6 Å². The first-order valence-corrected chi connectivity index (χ1v) is 20.0. The predicted molar refractivity (Wildman–Crippen MR) is 194 cm³/mol. The van der Waals surface area contributed by atoms with E-state index in [9.17, 15) is 29.7 Å². The second-order valence-corrected chi connectivity index (χ2v) is 18.1. The van der Waals surface area contributed by atoms with Crippen LogP contribution in [0, 0.1) is 51.8 Å². The Kier molecular flexibility index (Phi) is 11.4. The Morgan fingerprint density at radius 3 is 2.30 bits per heavy atom. The Balaban J connectivity index is 1.07. The number of carboxylic acid groups (broad SMARTS) is 1. The number of fused-ring (bicyclic) bond motifs is 5. The number of rotatable bonds is 12. The fourth-order valence-corrected chi connectivity index (χ4v) is 12.5. The third-order valence-electron chi connectivity index (χ3n) is 15.3. The molecule has 8 nitrogen and oxygen atoms in total. The molecule has 11 atom stereocenters. The molecule has 0 spiro atoms. The number of hydrogen-bond donors (Lipinski definition) is 5. The first-order chi connectivity index (χ1) is 23.8. The number of carboxylic acids is 1. The van der Waals surface area contributed by atoms with E-state index in [4.69, 9.17) is 0 Å². The van der Waals surface area contributed by atoms with Gasteiger partial charge < -0.3 is 26.0 Å². The highest BCUT2D eigenvalue weighted by molar-refractivity contribution is 5.88. The van der Waals surface area contributed by atoms with Crippen molar-refractivity contribution < 1.29 is 29.7 Å². The van der Waals surface area contributed by atoms with Crippen LogP contribution in [-0.2, 0) is 20.8 Å². The van der Waals surface area contributed by atoms with Crippen molar-refractivity contribution in [3.8, 4) is 0 Å². The minimum absolute atomic E-state index is 0.0478. The van der Waals surface area contributed by atoms with Crippen LogP contribution in [0.15, 0.2) is 30.3 Å². The molecule has 0 aromatic heterocycles. The van der Waals surface area contributed by atoms with E-state index in [-0.39, 0.29) is 41.3 Å². The highest BCUT2D eigenvalue weighted by Crippen LogP contribution is 2.68. The summed E-state index contributed by atoms with van der Waals surface area (Å²) < 4.78 is 0. The highest BCUT2D eigenvalue weighted by atomic mass is 16.4. The summed E-state index contributed by atoms with van der Waals surface area (Å²) in [6.07, 6.45) is 13.8. The number of aliphatic hydroxyl groups is 2. The van der Waals surface area contributed by atoms with Crippen LogP contribution < -0.4 is 10.6 Å². The van der Waals surface area contributed by atoms with Crippen LogP contribution in [0.4, 0.5) is 0 Å². The molecule has 0 aliphatic heterocycles. The van der Waals surface area contributed by atoms with Crippen molar-refractivity contribution >= 4 is 17.8 Å². The van der Waals surface area contributed by atoms with Gasteiger partial charge in [-0.3, -0.25) is 14.4 Å². The van der Waals surface area contributed by atoms with E-state index in [1.54, 1.807) is 0 Å². The molecule has 1 aromatic carbocycles. The average molecular weight is 693 g/mol. The van der Waals surface area contributed by atoms with Gasteiger partial charge >= 0.3 is 5.97 Å².